The van der Waals surface area contributed by atoms with E-state index in [1.165, 1.54) is 11.3 Å². The zero-order valence-electron chi connectivity index (χ0n) is 10.4. The van der Waals surface area contributed by atoms with Crippen LogP contribution in [0.4, 0.5) is 0 Å². The van der Waals surface area contributed by atoms with Crippen LogP contribution in [0, 0.1) is 0 Å². The van der Waals surface area contributed by atoms with Gasteiger partial charge in [0.25, 0.3) is 0 Å². The van der Waals surface area contributed by atoms with E-state index >= 15 is 0 Å². The Balaban J connectivity index is 1.95. The van der Waals surface area contributed by atoms with Gasteiger partial charge in [-0.05, 0) is 19.8 Å². The summed E-state index contributed by atoms with van der Waals surface area (Å²) in [7, 11) is 0. The molecule has 1 saturated heterocycles. The lowest BCUT2D eigenvalue weighted by atomic mass is 9.95. The minimum absolute atomic E-state index is 0.0328. The van der Waals surface area contributed by atoms with Crippen LogP contribution in [0.5, 0.6) is 0 Å². The number of rotatable bonds is 3. The van der Waals surface area contributed by atoms with Crippen molar-refractivity contribution in [2.24, 2.45) is 0 Å². The van der Waals surface area contributed by atoms with Crippen molar-refractivity contribution >= 4 is 28.8 Å². The van der Waals surface area contributed by atoms with Crippen molar-refractivity contribution in [3.63, 3.8) is 0 Å². The molecule has 100 valence electrons. The van der Waals surface area contributed by atoms with Crippen LogP contribution in [-0.2, 0) is 17.1 Å². The van der Waals surface area contributed by atoms with Crippen molar-refractivity contribution < 1.29 is 9.90 Å². The minimum Gasteiger partial charge on any atom is -0.388 e. The molecular formula is C12H17ClN2O2S. The van der Waals surface area contributed by atoms with Gasteiger partial charge in [-0.1, -0.05) is 0 Å². The van der Waals surface area contributed by atoms with Gasteiger partial charge in [0.1, 0.15) is 5.01 Å². The van der Waals surface area contributed by atoms with Crippen molar-refractivity contribution in [1.82, 2.24) is 9.88 Å². The molecule has 0 bridgehead atoms. The van der Waals surface area contributed by atoms with Gasteiger partial charge in [-0.25, -0.2) is 4.98 Å². The van der Waals surface area contributed by atoms with Crippen LogP contribution in [0.1, 0.15) is 30.5 Å². The highest BCUT2D eigenvalue weighted by molar-refractivity contribution is 7.09. The summed E-state index contributed by atoms with van der Waals surface area (Å²) in [6.07, 6.45) is 1.91. The molecule has 0 saturated carbocycles. The van der Waals surface area contributed by atoms with Crippen LogP contribution >= 0.6 is 22.9 Å². The summed E-state index contributed by atoms with van der Waals surface area (Å²) in [5.41, 5.74) is 0.0630. The minimum atomic E-state index is -0.752. The van der Waals surface area contributed by atoms with E-state index in [2.05, 4.69) is 4.98 Å². The number of aliphatic hydroxyl groups is 1. The van der Waals surface area contributed by atoms with Gasteiger partial charge in [-0.3, -0.25) is 4.79 Å². The average molecular weight is 289 g/mol. The van der Waals surface area contributed by atoms with Crippen molar-refractivity contribution in [2.75, 3.05) is 13.1 Å². The van der Waals surface area contributed by atoms with E-state index in [0.717, 1.165) is 30.1 Å². The topological polar surface area (TPSA) is 53.4 Å². The third-order valence-corrected chi connectivity index (χ3v) is 4.24. The largest absolute Gasteiger partial charge is 0.388 e. The number of likely N-dealkylation sites (tertiary alicyclic amines) is 1. The Morgan fingerprint density at radius 2 is 2.50 bits per heavy atom. The third-order valence-electron chi connectivity index (χ3n) is 3.07. The van der Waals surface area contributed by atoms with Crippen LogP contribution < -0.4 is 0 Å². The second kappa shape index (κ2) is 5.55. The number of amides is 1. The lowest BCUT2D eigenvalue weighted by molar-refractivity contribution is -0.136. The molecule has 2 rings (SSSR count). The number of hydrogen-bond donors (Lipinski definition) is 1. The van der Waals surface area contributed by atoms with Crippen LogP contribution in [0.3, 0.4) is 0 Å². The summed E-state index contributed by atoms with van der Waals surface area (Å²) in [6, 6.07) is 0. The monoisotopic (exact) mass is 288 g/mol. The first-order valence-corrected chi connectivity index (χ1v) is 7.41. The third kappa shape index (κ3) is 3.43. The fraction of sp³-hybridized carbons (Fsp3) is 0.667. The SMILES string of the molecule is CC1(O)CCCN(C(=O)Cc2nc(CCl)cs2)C1. The van der Waals surface area contributed by atoms with Gasteiger partial charge >= 0.3 is 0 Å². The highest BCUT2D eigenvalue weighted by Gasteiger charge is 2.30. The maximum absolute atomic E-state index is 12.1. The molecular weight excluding hydrogens is 272 g/mol. The fourth-order valence-corrected chi connectivity index (χ4v) is 3.18. The van der Waals surface area contributed by atoms with Crippen LogP contribution in [-0.4, -0.2) is 39.6 Å². The van der Waals surface area contributed by atoms with Crippen molar-refractivity contribution in [3.8, 4) is 0 Å². The van der Waals surface area contributed by atoms with Gasteiger partial charge in [0.2, 0.25) is 5.91 Å². The number of piperidine rings is 1. The number of hydrogen-bond acceptors (Lipinski definition) is 4. The number of carbonyl (C=O) groups is 1. The number of halogens is 1. The molecule has 1 N–H and O–H groups in total. The molecule has 0 aliphatic carbocycles. The van der Waals surface area contributed by atoms with Gasteiger partial charge < -0.3 is 10.0 Å². The summed E-state index contributed by atoms with van der Waals surface area (Å²) >= 11 is 7.14. The van der Waals surface area contributed by atoms with E-state index in [1.807, 2.05) is 5.38 Å². The van der Waals surface area contributed by atoms with Gasteiger partial charge in [-0.15, -0.1) is 22.9 Å². The normalized spacial score (nSPS) is 24.3. The number of aromatic nitrogens is 1. The Hall–Kier alpha value is -0.650. The predicted molar refractivity (Wildman–Crippen MR) is 71.8 cm³/mol. The number of thiazole rings is 1. The van der Waals surface area contributed by atoms with E-state index in [0.29, 0.717) is 18.8 Å². The zero-order valence-corrected chi connectivity index (χ0v) is 11.9. The molecule has 0 radical (unpaired) electrons. The molecule has 4 nitrogen and oxygen atoms in total. The van der Waals surface area contributed by atoms with Crippen molar-refractivity contribution in [1.29, 1.82) is 0 Å². The number of nitrogens with zero attached hydrogens (tertiary/aromatic N) is 2. The van der Waals surface area contributed by atoms with E-state index in [1.54, 1.807) is 11.8 Å². The molecule has 1 unspecified atom stereocenters. The molecule has 1 fully saturated rings. The Labute approximate surface area is 116 Å². The summed E-state index contributed by atoms with van der Waals surface area (Å²) in [5.74, 6) is 0.411. The second-order valence-corrected chi connectivity index (χ2v) is 6.17. The molecule has 1 aliphatic heterocycles. The van der Waals surface area contributed by atoms with Crippen molar-refractivity contribution in [2.45, 2.75) is 37.7 Å². The molecule has 0 aromatic carbocycles. The summed E-state index contributed by atoms with van der Waals surface area (Å²) in [6.45, 7) is 2.92. The van der Waals surface area contributed by atoms with Gasteiger partial charge in [0, 0.05) is 18.5 Å². The Morgan fingerprint density at radius 3 is 3.11 bits per heavy atom. The number of carbonyl (C=O) groups excluding carboxylic acids is 1. The van der Waals surface area contributed by atoms with E-state index in [-0.39, 0.29) is 5.91 Å². The first kappa shape index (κ1) is 13.8. The maximum Gasteiger partial charge on any atom is 0.229 e. The van der Waals surface area contributed by atoms with E-state index in [9.17, 15) is 9.90 Å². The zero-order chi connectivity index (χ0) is 13.2. The Morgan fingerprint density at radius 1 is 1.72 bits per heavy atom. The molecule has 1 atom stereocenters. The molecule has 1 amide bonds. The molecule has 18 heavy (non-hydrogen) atoms. The molecule has 1 aromatic heterocycles. The Bertz CT molecular complexity index is 433. The lowest BCUT2D eigenvalue weighted by Crippen LogP contribution is -2.49. The van der Waals surface area contributed by atoms with Gasteiger partial charge in [0.15, 0.2) is 0 Å². The van der Waals surface area contributed by atoms with Crippen LogP contribution in [0.25, 0.3) is 0 Å². The van der Waals surface area contributed by atoms with Gasteiger partial charge in [-0.2, -0.15) is 0 Å². The highest BCUT2D eigenvalue weighted by Crippen LogP contribution is 2.21. The second-order valence-electron chi connectivity index (χ2n) is 4.96. The Kier molecular flexibility index (Phi) is 4.25. The fourth-order valence-electron chi connectivity index (χ4n) is 2.17. The van der Waals surface area contributed by atoms with Crippen molar-refractivity contribution in [3.05, 3.63) is 16.1 Å². The first-order chi connectivity index (χ1) is 8.50. The number of β-amino-alcohol motifs (C(OH)–C–C–N with tert-alkyl or cyclic N) is 1. The van der Waals surface area contributed by atoms with E-state index in [4.69, 9.17) is 11.6 Å². The quantitative estimate of drug-likeness (QED) is 0.863. The first-order valence-electron chi connectivity index (χ1n) is 5.99. The summed E-state index contributed by atoms with van der Waals surface area (Å²) in [5, 5.41) is 12.6. The smallest absolute Gasteiger partial charge is 0.229 e. The molecule has 0 spiro atoms. The molecule has 1 aromatic rings. The molecule has 2 heterocycles. The number of alkyl halides is 1. The molecule has 6 heteroatoms. The molecule has 1 aliphatic rings. The summed E-state index contributed by atoms with van der Waals surface area (Å²) < 4.78 is 0. The average Bonchev–Trinajstić information content (AvgIpc) is 2.75. The highest BCUT2D eigenvalue weighted by atomic mass is 35.5. The lowest BCUT2D eigenvalue weighted by Gasteiger charge is -2.36. The van der Waals surface area contributed by atoms with Crippen LogP contribution in [0.2, 0.25) is 0 Å². The predicted octanol–water partition coefficient (Wildman–Crippen LogP) is 1.80. The van der Waals surface area contributed by atoms with Crippen LogP contribution in [0.15, 0.2) is 5.38 Å². The van der Waals surface area contributed by atoms with E-state index < -0.39 is 5.60 Å². The maximum atomic E-state index is 12.1. The van der Waals surface area contributed by atoms with Gasteiger partial charge in [0.05, 0.1) is 23.6 Å². The standard InChI is InChI=1S/C12H17ClN2O2S/c1-12(17)3-2-4-15(8-12)11(16)5-10-14-9(6-13)7-18-10/h7,17H,2-6,8H2,1H3. The summed E-state index contributed by atoms with van der Waals surface area (Å²) in [4.78, 5) is 18.1.